The second-order valence-corrected chi connectivity index (χ2v) is 5.70. The van der Waals surface area contributed by atoms with E-state index in [4.69, 9.17) is 4.74 Å². The van der Waals surface area contributed by atoms with Gasteiger partial charge in [-0.05, 0) is 52.3 Å². The quantitative estimate of drug-likeness (QED) is 0.840. The van der Waals surface area contributed by atoms with E-state index in [2.05, 4.69) is 12.2 Å². The van der Waals surface area contributed by atoms with Gasteiger partial charge in [-0.2, -0.15) is 0 Å². The number of rotatable bonds is 7. The number of nitrogens with zero attached hydrogens (tertiary/aromatic N) is 1. The standard InChI is InChI=1S/C17H28N2O2/c1-7-19(6)17(20)14(5)18-13(4)15-8-10-16(11-9-15)21-12(2)3/h8-14,18H,7H2,1-6H3. The molecule has 118 valence electrons. The number of likely N-dealkylation sites (N-methyl/N-ethyl adjacent to an activating group) is 1. The number of hydrogen-bond acceptors (Lipinski definition) is 3. The van der Waals surface area contributed by atoms with Gasteiger partial charge in [0.15, 0.2) is 0 Å². The van der Waals surface area contributed by atoms with Crippen LogP contribution in [0.4, 0.5) is 0 Å². The highest BCUT2D eigenvalue weighted by molar-refractivity contribution is 5.81. The molecule has 0 fully saturated rings. The molecule has 1 amide bonds. The molecule has 4 heteroatoms. The molecule has 0 aliphatic carbocycles. The number of ether oxygens (including phenoxy) is 1. The zero-order chi connectivity index (χ0) is 16.0. The van der Waals surface area contributed by atoms with E-state index >= 15 is 0 Å². The summed E-state index contributed by atoms with van der Waals surface area (Å²) in [5.74, 6) is 0.986. The van der Waals surface area contributed by atoms with Crippen molar-refractivity contribution >= 4 is 5.91 Å². The molecule has 2 unspecified atom stereocenters. The summed E-state index contributed by atoms with van der Waals surface area (Å²) in [5.41, 5.74) is 1.14. The Kier molecular flexibility index (Phi) is 6.69. The first-order chi connectivity index (χ1) is 9.85. The number of nitrogens with one attached hydrogen (secondary N) is 1. The molecule has 1 N–H and O–H groups in total. The Morgan fingerprint density at radius 2 is 1.76 bits per heavy atom. The molecule has 0 aromatic heterocycles. The van der Waals surface area contributed by atoms with E-state index in [-0.39, 0.29) is 24.1 Å². The van der Waals surface area contributed by atoms with Crippen molar-refractivity contribution in [1.82, 2.24) is 10.2 Å². The number of amides is 1. The van der Waals surface area contributed by atoms with Crippen molar-refractivity contribution in [2.45, 2.75) is 52.8 Å². The lowest BCUT2D eigenvalue weighted by Gasteiger charge is -2.24. The summed E-state index contributed by atoms with van der Waals surface area (Å²) in [6, 6.07) is 7.93. The van der Waals surface area contributed by atoms with Crippen molar-refractivity contribution in [3.8, 4) is 5.75 Å². The maximum atomic E-state index is 12.1. The summed E-state index contributed by atoms with van der Waals surface area (Å²) in [4.78, 5) is 13.8. The van der Waals surface area contributed by atoms with E-state index in [1.165, 1.54) is 0 Å². The lowest BCUT2D eigenvalue weighted by atomic mass is 10.1. The van der Waals surface area contributed by atoms with Crippen molar-refractivity contribution in [3.05, 3.63) is 29.8 Å². The predicted octanol–water partition coefficient (Wildman–Crippen LogP) is 2.99. The summed E-state index contributed by atoms with van der Waals surface area (Å²) in [6.07, 6.45) is 0.175. The van der Waals surface area contributed by atoms with Crippen LogP contribution >= 0.6 is 0 Å². The Labute approximate surface area is 128 Å². The fraction of sp³-hybridized carbons (Fsp3) is 0.588. The SMILES string of the molecule is CCN(C)C(=O)C(C)NC(C)c1ccc(OC(C)C)cc1. The van der Waals surface area contributed by atoms with Gasteiger partial charge in [-0.3, -0.25) is 10.1 Å². The Balaban J connectivity index is 2.62. The van der Waals surface area contributed by atoms with Crippen LogP contribution < -0.4 is 10.1 Å². The van der Waals surface area contributed by atoms with Crippen LogP contribution in [0.2, 0.25) is 0 Å². The van der Waals surface area contributed by atoms with Crippen LogP contribution in [0, 0.1) is 0 Å². The monoisotopic (exact) mass is 292 g/mol. The van der Waals surface area contributed by atoms with Gasteiger partial charge in [0.2, 0.25) is 5.91 Å². The Hall–Kier alpha value is -1.55. The highest BCUT2D eigenvalue weighted by Crippen LogP contribution is 2.19. The summed E-state index contributed by atoms with van der Waals surface area (Å²) in [7, 11) is 1.82. The number of carbonyl (C=O) groups excluding carboxylic acids is 1. The van der Waals surface area contributed by atoms with E-state index in [0.717, 1.165) is 17.9 Å². The van der Waals surface area contributed by atoms with E-state index in [9.17, 15) is 4.79 Å². The first kappa shape index (κ1) is 17.5. The number of hydrogen-bond donors (Lipinski definition) is 1. The molecule has 0 radical (unpaired) electrons. The summed E-state index contributed by atoms with van der Waals surface area (Å²) in [6.45, 7) is 10.7. The Morgan fingerprint density at radius 1 is 1.19 bits per heavy atom. The molecular formula is C17H28N2O2. The molecule has 0 saturated heterocycles. The molecule has 0 saturated carbocycles. The highest BCUT2D eigenvalue weighted by atomic mass is 16.5. The highest BCUT2D eigenvalue weighted by Gasteiger charge is 2.18. The first-order valence-corrected chi connectivity index (χ1v) is 7.62. The molecule has 2 atom stereocenters. The summed E-state index contributed by atoms with van der Waals surface area (Å²) >= 11 is 0. The average molecular weight is 292 g/mol. The van der Waals surface area contributed by atoms with Gasteiger partial charge < -0.3 is 9.64 Å². The molecule has 1 rings (SSSR count). The van der Waals surface area contributed by atoms with Crippen molar-refractivity contribution < 1.29 is 9.53 Å². The largest absolute Gasteiger partial charge is 0.491 e. The summed E-state index contributed by atoms with van der Waals surface area (Å²) < 4.78 is 5.63. The first-order valence-electron chi connectivity index (χ1n) is 7.62. The van der Waals surface area contributed by atoms with Crippen LogP contribution in [0.1, 0.15) is 46.2 Å². The molecule has 1 aromatic carbocycles. The van der Waals surface area contributed by atoms with Crippen molar-refractivity contribution in [3.63, 3.8) is 0 Å². The molecule has 21 heavy (non-hydrogen) atoms. The second kappa shape index (κ2) is 8.03. The van der Waals surface area contributed by atoms with Crippen LogP contribution in [-0.2, 0) is 4.79 Å². The van der Waals surface area contributed by atoms with E-state index in [1.807, 2.05) is 59.0 Å². The van der Waals surface area contributed by atoms with Crippen molar-refractivity contribution in [2.24, 2.45) is 0 Å². The van der Waals surface area contributed by atoms with E-state index in [1.54, 1.807) is 4.90 Å². The van der Waals surface area contributed by atoms with Gasteiger partial charge in [0.25, 0.3) is 0 Å². The average Bonchev–Trinajstić information content (AvgIpc) is 2.45. The molecule has 0 bridgehead atoms. The third-order valence-electron chi connectivity index (χ3n) is 3.47. The fourth-order valence-corrected chi connectivity index (χ4v) is 2.14. The van der Waals surface area contributed by atoms with Crippen LogP contribution in [0.25, 0.3) is 0 Å². The fourth-order valence-electron chi connectivity index (χ4n) is 2.14. The molecule has 0 heterocycles. The van der Waals surface area contributed by atoms with Crippen LogP contribution in [0.15, 0.2) is 24.3 Å². The van der Waals surface area contributed by atoms with Gasteiger partial charge in [-0.1, -0.05) is 12.1 Å². The van der Waals surface area contributed by atoms with Crippen LogP contribution in [-0.4, -0.2) is 36.5 Å². The predicted molar refractivity (Wildman–Crippen MR) is 86.5 cm³/mol. The summed E-state index contributed by atoms with van der Waals surface area (Å²) in [5, 5.41) is 3.34. The minimum absolute atomic E-state index is 0.113. The zero-order valence-corrected chi connectivity index (χ0v) is 14.0. The smallest absolute Gasteiger partial charge is 0.239 e. The van der Waals surface area contributed by atoms with Crippen molar-refractivity contribution in [1.29, 1.82) is 0 Å². The van der Waals surface area contributed by atoms with Gasteiger partial charge in [0.1, 0.15) is 5.75 Å². The van der Waals surface area contributed by atoms with Gasteiger partial charge in [-0.15, -0.1) is 0 Å². The van der Waals surface area contributed by atoms with Crippen LogP contribution in [0.5, 0.6) is 5.75 Å². The topological polar surface area (TPSA) is 41.6 Å². The van der Waals surface area contributed by atoms with Gasteiger partial charge in [-0.25, -0.2) is 0 Å². The lowest BCUT2D eigenvalue weighted by molar-refractivity contribution is -0.131. The van der Waals surface area contributed by atoms with E-state index < -0.39 is 0 Å². The Morgan fingerprint density at radius 3 is 2.24 bits per heavy atom. The molecular weight excluding hydrogens is 264 g/mol. The lowest BCUT2D eigenvalue weighted by Crippen LogP contribution is -2.43. The minimum atomic E-state index is -0.198. The molecule has 1 aromatic rings. The molecule has 4 nitrogen and oxygen atoms in total. The zero-order valence-electron chi connectivity index (χ0n) is 14.0. The third-order valence-corrected chi connectivity index (χ3v) is 3.47. The van der Waals surface area contributed by atoms with Gasteiger partial charge in [0, 0.05) is 19.6 Å². The number of benzene rings is 1. The molecule has 0 aliphatic heterocycles. The maximum Gasteiger partial charge on any atom is 0.239 e. The molecule has 0 aliphatic rings. The minimum Gasteiger partial charge on any atom is -0.491 e. The Bertz CT molecular complexity index is 443. The van der Waals surface area contributed by atoms with Gasteiger partial charge >= 0.3 is 0 Å². The normalized spacial score (nSPS) is 13.9. The van der Waals surface area contributed by atoms with Gasteiger partial charge in [0.05, 0.1) is 12.1 Å². The van der Waals surface area contributed by atoms with Crippen LogP contribution in [0.3, 0.4) is 0 Å². The third kappa shape index (κ3) is 5.38. The molecule has 0 spiro atoms. The number of carbonyl (C=O) groups is 1. The maximum absolute atomic E-state index is 12.1. The van der Waals surface area contributed by atoms with Crippen molar-refractivity contribution in [2.75, 3.05) is 13.6 Å². The second-order valence-electron chi connectivity index (χ2n) is 5.70. The van der Waals surface area contributed by atoms with E-state index in [0.29, 0.717) is 0 Å².